The van der Waals surface area contributed by atoms with Gasteiger partial charge in [0.25, 0.3) is 0 Å². The van der Waals surface area contributed by atoms with Gasteiger partial charge in [-0.1, -0.05) is 59.6 Å². The van der Waals surface area contributed by atoms with Crippen LogP contribution in [0.15, 0.2) is 11.1 Å². The zero-order chi connectivity index (χ0) is 25.6. The van der Waals surface area contributed by atoms with Crippen molar-refractivity contribution in [1.82, 2.24) is 0 Å². The fourth-order valence-electron chi connectivity index (χ4n) is 11.3. The van der Waals surface area contributed by atoms with Gasteiger partial charge in [0.05, 0.1) is 0 Å². The number of hydrogen-bond donors (Lipinski definition) is 0. The first-order chi connectivity index (χ1) is 16.3. The maximum absolute atomic E-state index is 12.6. The highest BCUT2D eigenvalue weighted by Gasteiger charge is 2.69. The van der Waals surface area contributed by atoms with E-state index in [0.29, 0.717) is 23.7 Å². The summed E-state index contributed by atoms with van der Waals surface area (Å²) < 4.78 is 5.89. The van der Waals surface area contributed by atoms with Gasteiger partial charge in [-0.2, -0.15) is 0 Å². The molecule has 0 bridgehead atoms. The summed E-state index contributed by atoms with van der Waals surface area (Å²) in [5, 5.41) is 0. The van der Waals surface area contributed by atoms with Crippen molar-refractivity contribution in [3.8, 4) is 0 Å². The monoisotopic (exact) mass is 482 g/mol. The standard InChI is InChI=1S/C32H50O3/c1-20(2)22-11-16-32(19-33)18-17-30(7)23(27(22)32)9-10-25-29(6)14-13-26(35-21(3)34)28(4,5)24(29)12-15-31(25,30)8/h19-20,23-26H,9-18H2,1-8H3. The van der Waals surface area contributed by atoms with Crippen LogP contribution in [-0.4, -0.2) is 18.4 Å². The maximum Gasteiger partial charge on any atom is 0.302 e. The number of hydrogen-bond acceptors (Lipinski definition) is 3. The number of ether oxygens (including phenoxy) is 1. The SMILES string of the molecule is CC(=O)OC1CCC2(C)C(CCC3(C)C2CCC2C4=C(C(C)C)CCC4(C=O)CCC23C)C1(C)C. The van der Waals surface area contributed by atoms with Crippen LogP contribution in [0, 0.1) is 50.7 Å². The average Bonchev–Trinajstić information content (AvgIpc) is 3.16. The van der Waals surface area contributed by atoms with E-state index >= 15 is 0 Å². The van der Waals surface area contributed by atoms with E-state index in [-0.39, 0.29) is 39.1 Å². The third-order valence-electron chi connectivity index (χ3n) is 13.2. The molecule has 0 aromatic rings. The number of allylic oxidation sites excluding steroid dienone is 2. The molecule has 0 heterocycles. The van der Waals surface area contributed by atoms with Crippen LogP contribution in [0.2, 0.25) is 0 Å². The zero-order valence-electron chi connectivity index (χ0n) is 23.8. The smallest absolute Gasteiger partial charge is 0.302 e. The molecule has 0 N–H and O–H groups in total. The van der Waals surface area contributed by atoms with Gasteiger partial charge >= 0.3 is 5.97 Å². The maximum atomic E-state index is 12.6. The first kappa shape index (κ1) is 25.5. The Bertz CT molecular complexity index is 944. The highest BCUT2D eigenvalue weighted by Crippen LogP contribution is 2.76. The molecule has 196 valence electrons. The van der Waals surface area contributed by atoms with Gasteiger partial charge in [-0.15, -0.1) is 0 Å². The highest BCUT2D eigenvalue weighted by atomic mass is 16.5. The Morgan fingerprint density at radius 2 is 1.60 bits per heavy atom. The third kappa shape index (κ3) is 3.21. The minimum absolute atomic E-state index is 0.00970. The van der Waals surface area contributed by atoms with Crippen molar-refractivity contribution in [3.63, 3.8) is 0 Å². The first-order valence-electron chi connectivity index (χ1n) is 14.6. The number of carbonyl (C=O) groups is 2. The van der Waals surface area contributed by atoms with Gasteiger partial charge in [-0.3, -0.25) is 4.79 Å². The summed E-state index contributed by atoms with van der Waals surface area (Å²) in [5.41, 5.74) is 3.89. The molecule has 8 atom stereocenters. The van der Waals surface area contributed by atoms with E-state index in [9.17, 15) is 9.59 Å². The number of esters is 1. The molecule has 0 aliphatic heterocycles. The van der Waals surface area contributed by atoms with Crippen LogP contribution < -0.4 is 0 Å². The van der Waals surface area contributed by atoms with Crippen molar-refractivity contribution >= 4 is 12.3 Å². The third-order valence-corrected chi connectivity index (χ3v) is 13.2. The minimum Gasteiger partial charge on any atom is -0.462 e. The quantitative estimate of drug-likeness (QED) is 0.233. The largest absolute Gasteiger partial charge is 0.462 e. The molecule has 0 aromatic heterocycles. The van der Waals surface area contributed by atoms with Gasteiger partial charge in [0, 0.05) is 17.8 Å². The molecule has 0 amide bonds. The number of rotatable bonds is 3. The molecule has 0 saturated heterocycles. The molecule has 0 spiro atoms. The predicted molar refractivity (Wildman–Crippen MR) is 141 cm³/mol. The first-order valence-corrected chi connectivity index (χ1v) is 14.6. The molecule has 3 nitrogen and oxygen atoms in total. The van der Waals surface area contributed by atoms with Crippen LogP contribution >= 0.6 is 0 Å². The minimum atomic E-state index is -0.168. The number of aldehydes is 1. The van der Waals surface area contributed by atoms with Crippen LogP contribution in [0.5, 0.6) is 0 Å². The Hall–Kier alpha value is -1.12. The highest BCUT2D eigenvalue weighted by molar-refractivity contribution is 5.69. The molecule has 5 aliphatic carbocycles. The van der Waals surface area contributed by atoms with E-state index in [0.717, 1.165) is 32.1 Å². The average molecular weight is 483 g/mol. The van der Waals surface area contributed by atoms with Crippen LogP contribution in [0.4, 0.5) is 0 Å². The van der Waals surface area contributed by atoms with Crippen LogP contribution in [0.3, 0.4) is 0 Å². The van der Waals surface area contributed by atoms with Crippen molar-refractivity contribution in [3.05, 3.63) is 11.1 Å². The molecule has 3 heteroatoms. The molecular formula is C32H50O3. The van der Waals surface area contributed by atoms with Gasteiger partial charge in [0.2, 0.25) is 0 Å². The fraction of sp³-hybridized carbons (Fsp3) is 0.875. The Kier molecular flexibility index (Phi) is 5.79. The van der Waals surface area contributed by atoms with E-state index in [2.05, 4.69) is 48.5 Å². The summed E-state index contributed by atoms with van der Waals surface area (Å²) in [5.74, 6) is 2.26. The second kappa shape index (κ2) is 7.94. The van der Waals surface area contributed by atoms with Crippen LogP contribution in [0.25, 0.3) is 0 Å². The van der Waals surface area contributed by atoms with Crippen molar-refractivity contribution in [2.45, 2.75) is 126 Å². The second-order valence-electron chi connectivity index (χ2n) is 14.9. The lowest BCUT2D eigenvalue weighted by Gasteiger charge is -2.72. The molecule has 0 aromatic carbocycles. The number of fused-ring (bicyclic) bond motifs is 7. The molecule has 5 aliphatic rings. The van der Waals surface area contributed by atoms with E-state index in [1.165, 1.54) is 38.4 Å². The molecule has 4 saturated carbocycles. The molecule has 8 unspecified atom stereocenters. The Morgan fingerprint density at radius 1 is 0.886 bits per heavy atom. The topological polar surface area (TPSA) is 43.4 Å². The van der Waals surface area contributed by atoms with E-state index < -0.39 is 0 Å². The fourth-order valence-corrected chi connectivity index (χ4v) is 11.3. The Morgan fingerprint density at radius 3 is 2.23 bits per heavy atom. The van der Waals surface area contributed by atoms with Crippen molar-refractivity contribution in [1.29, 1.82) is 0 Å². The van der Waals surface area contributed by atoms with Gasteiger partial charge < -0.3 is 9.53 Å². The normalized spacial score (nSPS) is 48.5. The van der Waals surface area contributed by atoms with E-state index in [4.69, 9.17) is 4.74 Å². The van der Waals surface area contributed by atoms with Crippen LogP contribution in [-0.2, 0) is 14.3 Å². The van der Waals surface area contributed by atoms with Gasteiger partial charge in [0.1, 0.15) is 12.4 Å². The molecule has 5 rings (SSSR count). The summed E-state index contributed by atoms with van der Waals surface area (Å²) in [6.07, 6.45) is 13.0. The molecule has 0 radical (unpaired) electrons. The van der Waals surface area contributed by atoms with Gasteiger partial charge in [-0.05, 0) is 104 Å². The van der Waals surface area contributed by atoms with E-state index in [1.54, 1.807) is 18.1 Å². The lowest BCUT2D eigenvalue weighted by Crippen LogP contribution is -2.65. The summed E-state index contributed by atoms with van der Waals surface area (Å²) in [4.78, 5) is 24.5. The van der Waals surface area contributed by atoms with E-state index in [1.807, 2.05) is 0 Å². The molecular weight excluding hydrogens is 432 g/mol. The Labute approximate surface area is 214 Å². The van der Waals surface area contributed by atoms with Crippen molar-refractivity contribution < 1.29 is 14.3 Å². The lowest BCUT2D eigenvalue weighted by atomic mass is 9.33. The van der Waals surface area contributed by atoms with Crippen molar-refractivity contribution in [2.24, 2.45) is 50.7 Å². The number of carbonyl (C=O) groups excluding carboxylic acids is 2. The lowest BCUT2D eigenvalue weighted by molar-refractivity contribution is -0.232. The van der Waals surface area contributed by atoms with Crippen LogP contribution in [0.1, 0.15) is 120 Å². The zero-order valence-corrected chi connectivity index (χ0v) is 23.8. The molecule has 4 fully saturated rings. The summed E-state index contributed by atoms with van der Waals surface area (Å²) in [7, 11) is 0. The summed E-state index contributed by atoms with van der Waals surface area (Å²) >= 11 is 0. The van der Waals surface area contributed by atoms with Gasteiger partial charge in [0.15, 0.2) is 0 Å². The molecule has 35 heavy (non-hydrogen) atoms. The second-order valence-corrected chi connectivity index (χ2v) is 14.9. The summed E-state index contributed by atoms with van der Waals surface area (Å²) in [6.45, 7) is 18.9. The Balaban J connectivity index is 1.54. The van der Waals surface area contributed by atoms with Gasteiger partial charge in [-0.25, -0.2) is 0 Å². The van der Waals surface area contributed by atoms with Crippen molar-refractivity contribution in [2.75, 3.05) is 0 Å². The summed E-state index contributed by atoms with van der Waals surface area (Å²) in [6, 6.07) is 0. The predicted octanol–water partition coefficient (Wildman–Crippen LogP) is 7.92.